The van der Waals surface area contributed by atoms with Gasteiger partial charge in [0.05, 0.1) is 55.5 Å². The lowest BCUT2D eigenvalue weighted by atomic mass is 10.0. The zero-order valence-corrected chi connectivity index (χ0v) is 46.8. The zero-order chi connectivity index (χ0) is 50.5. The molecule has 0 heterocycles. The molecule has 1 rings (SSSR count). The van der Waals surface area contributed by atoms with Crippen LogP contribution in [0, 0.1) is 0 Å². The quantitative estimate of drug-likeness (QED) is 0.0268. The summed E-state index contributed by atoms with van der Waals surface area (Å²) < 4.78 is 49.2. The van der Waals surface area contributed by atoms with Gasteiger partial charge in [0.15, 0.2) is 0 Å². The first kappa shape index (κ1) is 66.8. The molecule has 0 amide bonds. The van der Waals surface area contributed by atoms with Crippen LogP contribution in [0.3, 0.4) is 0 Å². The monoisotopic (exact) mass is 1000 g/mol. The van der Waals surface area contributed by atoms with Gasteiger partial charge in [-0.1, -0.05) is 212 Å². The number of phosphoric ester groups is 2. The number of likely N-dealkylation sites (N-methyl/N-ethyl adjacent to an activating group) is 2. The van der Waals surface area contributed by atoms with E-state index in [9.17, 15) is 23.7 Å². The summed E-state index contributed by atoms with van der Waals surface area (Å²) in [5.74, 6) is 0.604. The molecule has 0 aliphatic heterocycles. The highest BCUT2D eigenvalue weighted by Crippen LogP contribution is 2.39. The molecule has 0 radical (unpaired) electrons. The highest BCUT2D eigenvalue weighted by Gasteiger charge is 2.14. The van der Waals surface area contributed by atoms with Gasteiger partial charge in [-0.2, -0.15) is 0 Å². The van der Waals surface area contributed by atoms with E-state index in [2.05, 4.69) is 6.92 Å². The van der Waals surface area contributed by atoms with Gasteiger partial charge in [0.25, 0.3) is 22.1 Å². The summed E-state index contributed by atoms with van der Waals surface area (Å²) in [4.78, 5) is 33.7. The second kappa shape index (κ2) is 44.5. The second-order valence-electron chi connectivity index (χ2n) is 21.2. The van der Waals surface area contributed by atoms with Gasteiger partial charge in [-0.3, -0.25) is 13.9 Å². The average Bonchev–Trinajstić information content (AvgIpc) is 3.26. The smallest absolute Gasteiger partial charge is 0.298 e. The third-order valence-corrected chi connectivity index (χ3v) is 14.2. The van der Waals surface area contributed by atoms with Crippen molar-refractivity contribution in [2.45, 2.75) is 225 Å². The topological polar surface area (TPSA) is 143 Å². The summed E-state index contributed by atoms with van der Waals surface area (Å²) in [6.45, 7) is 4.78. The molecule has 0 aliphatic carbocycles. The van der Waals surface area contributed by atoms with E-state index in [0.29, 0.717) is 34.3 Å². The van der Waals surface area contributed by atoms with Crippen LogP contribution in [0.15, 0.2) is 24.3 Å². The standard InChI is InChI=1S/C30H54NO6P.C24H52NO4P/c1-31(2,3)25-27-37-38(33,34)36-26-19-17-15-13-11-9-7-5-4-6-8-10-12-14-16-18-20-29-21-23-30(24-22-29)35-28-32;1-5-6-7-8-9-10-11-12-13-14-15-16-17-18-19-20-21-23-28-30(26,27)29-24-22-25(2,3)4/h21-24,28H,4-20,25-27H2,1-3H3;5-24H2,1-4H3. The van der Waals surface area contributed by atoms with Crippen LogP contribution in [0.4, 0.5) is 0 Å². The first-order valence-electron chi connectivity index (χ1n) is 27.5. The Morgan fingerprint density at radius 1 is 0.412 bits per heavy atom. The molecular weight excluding hydrogens is 899 g/mol. The minimum Gasteiger partial charge on any atom is -0.756 e. The predicted molar refractivity (Wildman–Crippen MR) is 280 cm³/mol. The van der Waals surface area contributed by atoms with Crippen molar-refractivity contribution < 1.29 is 55.5 Å². The van der Waals surface area contributed by atoms with E-state index in [1.165, 1.54) is 179 Å². The third-order valence-electron chi connectivity index (χ3n) is 12.2. The van der Waals surface area contributed by atoms with Crippen molar-refractivity contribution in [3.05, 3.63) is 29.8 Å². The van der Waals surface area contributed by atoms with Crippen molar-refractivity contribution in [3.63, 3.8) is 0 Å². The van der Waals surface area contributed by atoms with Crippen molar-refractivity contribution in [2.75, 3.05) is 81.8 Å². The average molecular weight is 1010 g/mol. The number of hydrogen-bond donors (Lipinski definition) is 0. The van der Waals surface area contributed by atoms with Crippen LogP contribution in [0.1, 0.15) is 224 Å². The van der Waals surface area contributed by atoms with E-state index in [1.54, 1.807) is 0 Å². The Kier molecular flexibility index (Phi) is 43.8. The molecule has 2 atom stereocenters. The minimum absolute atomic E-state index is 0.157. The second-order valence-corrected chi connectivity index (χ2v) is 24.0. The lowest BCUT2D eigenvalue weighted by molar-refractivity contribution is -0.870. The largest absolute Gasteiger partial charge is 0.756 e. The number of unbranched alkanes of at least 4 members (excludes halogenated alkanes) is 31. The van der Waals surface area contributed by atoms with Gasteiger partial charge in [0, 0.05) is 0 Å². The Balaban J connectivity index is 0.00000136. The normalized spacial score (nSPS) is 13.7. The Bertz CT molecular complexity index is 1360. The van der Waals surface area contributed by atoms with Gasteiger partial charge in [-0.05, 0) is 43.4 Å². The number of aryl methyl sites for hydroxylation is 1. The van der Waals surface area contributed by atoms with Crippen molar-refractivity contribution in [1.82, 2.24) is 0 Å². The highest BCUT2D eigenvalue weighted by atomic mass is 31.2. The van der Waals surface area contributed by atoms with E-state index >= 15 is 0 Å². The van der Waals surface area contributed by atoms with Gasteiger partial charge in [-0.25, -0.2) is 0 Å². The molecule has 0 aliphatic rings. The Labute approximate surface area is 418 Å². The fraction of sp³-hybridized carbons (Fsp3) is 0.870. The van der Waals surface area contributed by atoms with E-state index in [1.807, 2.05) is 66.6 Å². The molecule has 12 nitrogen and oxygen atoms in total. The first-order valence-corrected chi connectivity index (χ1v) is 30.4. The zero-order valence-electron chi connectivity index (χ0n) is 45.0. The minimum atomic E-state index is -4.15. The molecule has 1 aromatic rings. The predicted octanol–water partition coefficient (Wildman–Crippen LogP) is 14.1. The van der Waals surface area contributed by atoms with Crippen LogP contribution in [0.5, 0.6) is 5.75 Å². The molecule has 0 bridgehead atoms. The van der Waals surface area contributed by atoms with E-state index in [0.717, 1.165) is 44.9 Å². The summed E-state index contributed by atoms with van der Waals surface area (Å²) in [6.07, 6.45) is 43.3. The number of ether oxygens (including phenoxy) is 1. The van der Waals surface area contributed by atoms with E-state index < -0.39 is 15.6 Å². The molecule has 2 unspecified atom stereocenters. The summed E-state index contributed by atoms with van der Waals surface area (Å²) in [5.41, 5.74) is 1.30. The van der Waals surface area contributed by atoms with Crippen LogP contribution < -0.4 is 14.5 Å². The Morgan fingerprint density at radius 3 is 0.956 bits per heavy atom. The molecule has 0 fully saturated rings. The number of carbonyl (C=O) groups is 1. The number of hydrogen-bond acceptors (Lipinski definition) is 10. The van der Waals surface area contributed by atoms with Crippen molar-refractivity contribution in [3.8, 4) is 5.75 Å². The SMILES string of the molecule is CCCCCCCCCCCCCCCCCCCOP(=O)([O-])OCC[N+](C)(C)C.C[N+](C)(C)CCOP(=O)([O-])OCCCCCCCCCCCCCCCCCCc1ccc(OC=O)cc1. The molecular formula is C54H106N2O10P2. The Morgan fingerprint density at radius 2 is 0.676 bits per heavy atom. The maximum absolute atomic E-state index is 11.7. The van der Waals surface area contributed by atoms with Gasteiger partial charge >= 0.3 is 0 Å². The van der Waals surface area contributed by atoms with Crippen LogP contribution in [-0.4, -0.2) is 97.2 Å². The highest BCUT2D eigenvalue weighted by molar-refractivity contribution is 7.46. The Hall–Kier alpha value is -1.17. The lowest BCUT2D eigenvalue weighted by Gasteiger charge is -2.27. The van der Waals surface area contributed by atoms with Gasteiger partial charge < -0.3 is 41.6 Å². The number of nitrogens with zero attached hydrogens (tertiary/aromatic N) is 2. The van der Waals surface area contributed by atoms with Gasteiger partial charge in [0.1, 0.15) is 32.1 Å². The third kappa shape index (κ3) is 51.2. The fourth-order valence-corrected chi connectivity index (χ4v) is 9.27. The molecule has 402 valence electrons. The molecule has 68 heavy (non-hydrogen) atoms. The molecule has 0 spiro atoms. The van der Waals surface area contributed by atoms with Crippen molar-refractivity contribution in [2.24, 2.45) is 0 Å². The van der Waals surface area contributed by atoms with Crippen LogP contribution >= 0.6 is 15.6 Å². The number of carbonyl (C=O) groups excluding carboxylic acids is 1. The summed E-state index contributed by atoms with van der Waals surface area (Å²) >= 11 is 0. The van der Waals surface area contributed by atoms with Gasteiger partial charge in [0.2, 0.25) is 0 Å². The number of rotatable bonds is 49. The fourth-order valence-electron chi connectivity index (χ4n) is 7.80. The van der Waals surface area contributed by atoms with Crippen molar-refractivity contribution >= 4 is 22.1 Å². The molecule has 0 saturated carbocycles. The summed E-state index contributed by atoms with van der Waals surface area (Å²) in [7, 11) is 3.68. The molecule has 0 saturated heterocycles. The number of quaternary nitrogens is 2. The van der Waals surface area contributed by atoms with Gasteiger partial charge in [-0.15, -0.1) is 0 Å². The van der Waals surface area contributed by atoms with E-state index in [4.69, 9.17) is 22.8 Å². The number of phosphoric acid groups is 2. The van der Waals surface area contributed by atoms with Crippen LogP contribution in [-0.2, 0) is 38.4 Å². The molecule has 1 aromatic carbocycles. The van der Waals surface area contributed by atoms with Crippen LogP contribution in [0.2, 0.25) is 0 Å². The molecule has 0 aromatic heterocycles. The summed E-state index contributed by atoms with van der Waals surface area (Å²) in [6, 6.07) is 7.79. The molecule has 14 heteroatoms. The van der Waals surface area contributed by atoms with Crippen LogP contribution in [0.25, 0.3) is 0 Å². The maximum atomic E-state index is 11.7. The van der Waals surface area contributed by atoms with E-state index in [-0.39, 0.29) is 26.4 Å². The summed E-state index contributed by atoms with van der Waals surface area (Å²) in [5, 5.41) is 0. The number of benzene rings is 1. The first-order chi connectivity index (χ1) is 32.5. The molecule has 0 N–H and O–H groups in total. The van der Waals surface area contributed by atoms with Crippen molar-refractivity contribution in [1.29, 1.82) is 0 Å². The lowest BCUT2D eigenvalue weighted by Crippen LogP contribution is -2.37. The maximum Gasteiger partial charge on any atom is 0.298 e.